The predicted molar refractivity (Wildman–Crippen MR) is 67.0 cm³/mol. The summed E-state index contributed by atoms with van der Waals surface area (Å²) in [5, 5.41) is 3.09. The molecule has 0 aromatic heterocycles. The van der Waals surface area contributed by atoms with E-state index in [-0.39, 0.29) is 11.8 Å². The van der Waals surface area contributed by atoms with Gasteiger partial charge in [-0.05, 0) is 45.1 Å². The van der Waals surface area contributed by atoms with Crippen LogP contribution in [0.1, 0.15) is 52.4 Å². The molecule has 1 aliphatic carbocycles. The van der Waals surface area contributed by atoms with Gasteiger partial charge in [0, 0.05) is 12.0 Å². The molecule has 16 heavy (non-hydrogen) atoms. The smallest absolute Gasteiger partial charge is 0.223 e. The molecule has 0 bridgehead atoms. The van der Waals surface area contributed by atoms with E-state index in [4.69, 9.17) is 5.73 Å². The number of amides is 1. The van der Waals surface area contributed by atoms with Crippen LogP contribution in [-0.2, 0) is 4.79 Å². The number of nitrogens with one attached hydrogen (secondary N) is 1. The van der Waals surface area contributed by atoms with Gasteiger partial charge >= 0.3 is 0 Å². The Balaban J connectivity index is 2.37. The van der Waals surface area contributed by atoms with Gasteiger partial charge in [0.25, 0.3) is 0 Å². The van der Waals surface area contributed by atoms with Gasteiger partial charge < -0.3 is 11.1 Å². The van der Waals surface area contributed by atoms with E-state index < -0.39 is 0 Å². The second kappa shape index (κ2) is 6.89. The summed E-state index contributed by atoms with van der Waals surface area (Å²) < 4.78 is 0. The van der Waals surface area contributed by atoms with Crippen molar-refractivity contribution in [2.45, 2.75) is 58.4 Å². The number of carbonyl (C=O) groups excluding carboxylic acids is 1. The highest BCUT2D eigenvalue weighted by Gasteiger charge is 2.27. The molecule has 1 saturated carbocycles. The Kier molecular flexibility index (Phi) is 5.81. The molecule has 0 heterocycles. The first-order valence-electron chi connectivity index (χ1n) is 6.67. The van der Waals surface area contributed by atoms with Gasteiger partial charge in [0.1, 0.15) is 0 Å². The molecular formula is C13H26N2O. The quantitative estimate of drug-likeness (QED) is 0.754. The van der Waals surface area contributed by atoms with E-state index in [2.05, 4.69) is 19.2 Å². The molecule has 0 aliphatic heterocycles. The van der Waals surface area contributed by atoms with Crippen molar-refractivity contribution in [2.75, 3.05) is 6.54 Å². The van der Waals surface area contributed by atoms with E-state index in [9.17, 15) is 4.79 Å². The third-order valence-corrected chi connectivity index (χ3v) is 3.73. The Morgan fingerprint density at radius 2 is 2.25 bits per heavy atom. The zero-order valence-electron chi connectivity index (χ0n) is 10.7. The van der Waals surface area contributed by atoms with Gasteiger partial charge in [0.2, 0.25) is 5.91 Å². The number of hydrogen-bond donors (Lipinski definition) is 2. The van der Waals surface area contributed by atoms with Crippen LogP contribution in [0.15, 0.2) is 0 Å². The summed E-state index contributed by atoms with van der Waals surface area (Å²) in [6.45, 7) is 4.92. The van der Waals surface area contributed by atoms with E-state index >= 15 is 0 Å². The molecule has 1 fully saturated rings. The first kappa shape index (κ1) is 13.5. The highest BCUT2D eigenvalue weighted by molar-refractivity contribution is 5.79. The summed E-state index contributed by atoms with van der Waals surface area (Å²) in [4.78, 5) is 12.0. The van der Waals surface area contributed by atoms with Gasteiger partial charge in [0.05, 0.1) is 0 Å². The molecule has 0 aromatic rings. The van der Waals surface area contributed by atoms with Crippen molar-refractivity contribution < 1.29 is 4.79 Å². The summed E-state index contributed by atoms with van der Waals surface area (Å²) in [6, 6.07) is 0.308. The number of rotatable bonds is 5. The zero-order valence-corrected chi connectivity index (χ0v) is 10.7. The maximum absolute atomic E-state index is 12.0. The van der Waals surface area contributed by atoms with Crippen LogP contribution >= 0.6 is 0 Å². The van der Waals surface area contributed by atoms with Crippen molar-refractivity contribution in [1.29, 1.82) is 0 Å². The van der Waals surface area contributed by atoms with Crippen molar-refractivity contribution in [2.24, 2.45) is 17.6 Å². The van der Waals surface area contributed by atoms with Gasteiger partial charge in [0.15, 0.2) is 0 Å². The second-order valence-electron chi connectivity index (χ2n) is 5.12. The number of hydrogen-bond acceptors (Lipinski definition) is 2. The zero-order chi connectivity index (χ0) is 12.0. The fraction of sp³-hybridized carbons (Fsp3) is 0.923. The molecule has 0 radical (unpaired) electrons. The van der Waals surface area contributed by atoms with E-state index in [1.54, 1.807) is 0 Å². The molecular weight excluding hydrogens is 200 g/mol. The molecule has 3 unspecified atom stereocenters. The van der Waals surface area contributed by atoms with E-state index in [0.29, 0.717) is 12.0 Å². The Morgan fingerprint density at radius 3 is 2.88 bits per heavy atom. The lowest BCUT2D eigenvalue weighted by atomic mass is 9.79. The van der Waals surface area contributed by atoms with Crippen molar-refractivity contribution in [3.05, 3.63) is 0 Å². The molecule has 3 heteroatoms. The largest absolute Gasteiger partial charge is 0.353 e. The van der Waals surface area contributed by atoms with Gasteiger partial charge in [-0.15, -0.1) is 0 Å². The van der Waals surface area contributed by atoms with Crippen LogP contribution in [0.3, 0.4) is 0 Å². The molecule has 0 saturated heterocycles. The minimum absolute atomic E-state index is 0.235. The van der Waals surface area contributed by atoms with E-state index in [0.717, 1.165) is 32.2 Å². The summed E-state index contributed by atoms with van der Waals surface area (Å²) >= 11 is 0. The van der Waals surface area contributed by atoms with Crippen molar-refractivity contribution in [1.82, 2.24) is 5.32 Å². The molecule has 1 amide bonds. The fourth-order valence-electron chi connectivity index (χ4n) is 2.49. The maximum Gasteiger partial charge on any atom is 0.223 e. The van der Waals surface area contributed by atoms with Crippen molar-refractivity contribution >= 4 is 5.91 Å². The standard InChI is InChI=1S/C13H26N2O/c1-3-10(2)15-13(16)12-6-4-5-11(9-12)7-8-14/h10-12H,3-9,14H2,1-2H3,(H,15,16). The minimum Gasteiger partial charge on any atom is -0.353 e. The van der Waals surface area contributed by atoms with Crippen LogP contribution in [0.5, 0.6) is 0 Å². The van der Waals surface area contributed by atoms with E-state index in [1.807, 2.05) is 0 Å². The number of carbonyl (C=O) groups is 1. The van der Waals surface area contributed by atoms with Crippen LogP contribution in [0, 0.1) is 11.8 Å². The lowest BCUT2D eigenvalue weighted by molar-refractivity contribution is -0.127. The fourth-order valence-corrected chi connectivity index (χ4v) is 2.49. The Morgan fingerprint density at radius 1 is 1.50 bits per heavy atom. The SMILES string of the molecule is CCC(C)NC(=O)C1CCCC(CCN)C1. The van der Waals surface area contributed by atoms with Crippen LogP contribution < -0.4 is 11.1 Å². The van der Waals surface area contributed by atoms with Crippen LogP contribution in [0.2, 0.25) is 0 Å². The van der Waals surface area contributed by atoms with Crippen LogP contribution in [0.4, 0.5) is 0 Å². The average molecular weight is 226 g/mol. The number of nitrogens with two attached hydrogens (primary N) is 1. The van der Waals surface area contributed by atoms with Gasteiger partial charge in [-0.1, -0.05) is 19.8 Å². The third kappa shape index (κ3) is 4.12. The molecule has 3 N–H and O–H groups in total. The molecule has 3 atom stereocenters. The molecule has 0 spiro atoms. The van der Waals surface area contributed by atoms with Gasteiger partial charge in [-0.3, -0.25) is 4.79 Å². The lowest BCUT2D eigenvalue weighted by Crippen LogP contribution is -2.38. The Hall–Kier alpha value is -0.570. The van der Waals surface area contributed by atoms with Gasteiger partial charge in [-0.25, -0.2) is 0 Å². The normalized spacial score (nSPS) is 27.4. The molecule has 0 aromatic carbocycles. The first-order valence-corrected chi connectivity index (χ1v) is 6.67. The van der Waals surface area contributed by atoms with E-state index in [1.165, 1.54) is 12.8 Å². The predicted octanol–water partition coefficient (Wildman–Crippen LogP) is 2.06. The Bertz CT molecular complexity index is 216. The first-order chi connectivity index (χ1) is 7.67. The minimum atomic E-state index is 0.235. The summed E-state index contributed by atoms with van der Waals surface area (Å²) in [5.41, 5.74) is 5.58. The lowest BCUT2D eigenvalue weighted by Gasteiger charge is -2.29. The van der Waals surface area contributed by atoms with Crippen molar-refractivity contribution in [3.8, 4) is 0 Å². The van der Waals surface area contributed by atoms with Gasteiger partial charge in [-0.2, -0.15) is 0 Å². The highest BCUT2D eigenvalue weighted by Crippen LogP contribution is 2.30. The maximum atomic E-state index is 12.0. The summed E-state index contributed by atoms with van der Waals surface area (Å²) in [6.07, 6.45) is 6.62. The topological polar surface area (TPSA) is 55.1 Å². The van der Waals surface area contributed by atoms with Crippen molar-refractivity contribution in [3.63, 3.8) is 0 Å². The van der Waals surface area contributed by atoms with Crippen LogP contribution in [-0.4, -0.2) is 18.5 Å². The molecule has 1 rings (SSSR count). The second-order valence-corrected chi connectivity index (χ2v) is 5.12. The summed E-state index contributed by atoms with van der Waals surface area (Å²) in [5.74, 6) is 1.17. The highest BCUT2D eigenvalue weighted by atomic mass is 16.1. The van der Waals surface area contributed by atoms with Crippen LogP contribution in [0.25, 0.3) is 0 Å². The molecule has 3 nitrogen and oxygen atoms in total. The molecule has 94 valence electrons. The average Bonchev–Trinajstić information content (AvgIpc) is 2.29. The monoisotopic (exact) mass is 226 g/mol. The summed E-state index contributed by atoms with van der Waals surface area (Å²) in [7, 11) is 0. The third-order valence-electron chi connectivity index (χ3n) is 3.73. The Labute approximate surface area is 99.2 Å². The molecule has 1 aliphatic rings.